The Bertz CT molecular complexity index is 4180. The van der Waals surface area contributed by atoms with Crippen LogP contribution in [0.4, 0.5) is 0 Å². The van der Waals surface area contributed by atoms with E-state index < -0.39 is 0 Å². The third-order valence-corrected chi connectivity index (χ3v) is 14.7. The van der Waals surface area contributed by atoms with Gasteiger partial charge in [0.05, 0.1) is 50.3 Å². The van der Waals surface area contributed by atoms with Crippen LogP contribution in [0.3, 0.4) is 0 Å². The first-order valence-electron chi connectivity index (χ1n) is 22.0. The van der Waals surface area contributed by atoms with E-state index in [2.05, 4.69) is 218 Å². The van der Waals surface area contributed by atoms with E-state index in [1.807, 2.05) is 6.20 Å². The highest BCUT2D eigenvalue weighted by Crippen LogP contribution is 2.43. The summed E-state index contributed by atoms with van der Waals surface area (Å²) in [5.41, 5.74) is 13.6. The van der Waals surface area contributed by atoms with Crippen molar-refractivity contribution < 1.29 is 0 Å². The van der Waals surface area contributed by atoms with Crippen molar-refractivity contribution in [3.8, 4) is 22.9 Å². The highest BCUT2D eigenvalue weighted by Gasteiger charge is 2.22. The molecular weight excluding hydrogens is 813 g/mol. The monoisotopic (exact) mass is 846 g/mol. The van der Waals surface area contributed by atoms with E-state index in [4.69, 9.17) is 9.97 Å². The van der Waals surface area contributed by atoms with E-state index in [1.54, 1.807) is 11.3 Å². The number of para-hydroxylation sites is 6. The van der Waals surface area contributed by atoms with Crippen molar-refractivity contribution >= 4 is 119 Å². The molecule has 0 bridgehead atoms. The fourth-order valence-electron chi connectivity index (χ4n) is 10.9. The molecule has 0 aliphatic rings. The van der Waals surface area contributed by atoms with Crippen LogP contribution in [0.1, 0.15) is 0 Å². The molecule has 0 unspecified atom stereocenters. The van der Waals surface area contributed by atoms with Gasteiger partial charge in [-0.1, -0.05) is 109 Å². The van der Waals surface area contributed by atoms with Crippen LogP contribution >= 0.6 is 11.3 Å². The van der Waals surface area contributed by atoms with Gasteiger partial charge in [-0.3, -0.25) is 4.57 Å². The molecule has 0 radical (unpaired) electrons. The molecule has 0 saturated heterocycles. The van der Waals surface area contributed by atoms with Gasteiger partial charge in [0.1, 0.15) is 10.3 Å². The van der Waals surface area contributed by atoms with Gasteiger partial charge in [0, 0.05) is 70.2 Å². The normalized spacial score (nSPS) is 12.3. The van der Waals surface area contributed by atoms with Crippen LogP contribution < -0.4 is 0 Å². The summed E-state index contributed by atoms with van der Waals surface area (Å²) >= 11 is 1.70. The lowest BCUT2D eigenvalue weighted by atomic mass is 10.1. The van der Waals surface area contributed by atoms with E-state index in [-0.39, 0.29) is 0 Å². The first-order chi connectivity index (χ1) is 32.2. The maximum absolute atomic E-state index is 5.55. The Kier molecular flexibility index (Phi) is 7.01. The number of hydrogen-bond acceptors (Lipinski definition) is 3. The second-order valence-electron chi connectivity index (χ2n) is 17.0. The maximum Gasteiger partial charge on any atom is 0.157 e. The molecule has 15 aromatic rings. The minimum absolute atomic E-state index is 0.800. The molecule has 0 N–H and O–H groups in total. The number of nitrogens with zero attached hydrogens (tertiary/aromatic N) is 6. The van der Waals surface area contributed by atoms with Crippen molar-refractivity contribution in [2.24, 2.45) is 0 Å². The summed E-state index contributed by atoms with van der Waals surface area (Å²) in [7, 11) is 0. The number of rotatable bonds is 4. The Hall–Kier alpha value is -8.52. The average molecular weight is 847 g/mol. The number of thiophene rings is 1. The lowest BCUT2D eigenvalue weighted by Crippen LogP contribution is -1.98. The highest BCUT2D eigenvalue weighted by molar-refractivity contribution is 7.25. The minimum Gasteiger partial charge on any atom is -0.309 e. The predicted octanol–water partition coefficient (Wildman–Crippen LogP) is 15.2. The largest absolute Gasteiger partial charge is 0.309 e. The smallest absolute Gasteiger partial charge is 0.157 e. The lowest BCUT2D eigenvalue weighted by molar-refractivity contribution is 1.08. The predicted molar refractivity (Wildman–Crippen MR) is 272 cm³/mol. The van der Waals surface area contributed by atoms with Gasteiger partial charge in [0.25, 0.3) is 0 Å². The molecule has 0 spiro atoms. The maximum atomic E-state index is 5.55. The molecule has 0 aliphatic heterocycles. The molecule has 15 rings (SSSR count). The fourth-order valence-corrected chi connectivity index (χ4v) is 11.8. The summed E-state index contributed by atoms with van der Waals surface area (Å²) in [6.07, 6.45) is 1.95. The Balaban J connectivity index is 0.959. The summed E-state index contributed by atoms with van der Waals surface area (Å²) in [4.78, 5) is 11.6. The SMILES string of the molecule is c1ccc(-n2c3ccccc3c3cc4c(cc32)c2ccccc2n4-c2ccc3sc4ncc(-n5c6ccccc6c6cc7c(cc65)c5ccccc5n7-c5ccccc5)nc4c3c2)cc1. The van der Waals surface area contributed by atoms with Crippen LogP contribution in [0.25, 0.3) is 131 Å². The molecule has 9 aromatic carbocycles. The highest BCUT2D eigenvalue weighted by atomic mass is 32.1. The van der Waals surface area contributed by atoms with Gasteiger partial charge in [0.2, 0.25) is 0 Å². The van der Waals surface area contributed by atoms with Crippen LogP contribution in [0.2, 0.25) is 0 Å². The summed E-state index contributed by atoms with van der Waals surface area (Å²) in [6, 6.07) is 72.7. The fraction of sp³-hybridized carbons (Fsp3) is 0. The summed E-state index contributed by atoms with van der Waals surface area (Å²) < 4.78 is 10.7. The van der Waals surface area contributed by atoms with E-state index in [1.165, 1.54) is 76.2 Å². The molecular formula is C58H34N6S. The quantitative estimate of drug-likeness (QED) is 0.177. The van der Waals surface area contributed by atoms with Crippen LogP contribution in [0.15, 0.2) is 206 Å². The Morgan fingerprint density at radius 2 is 0.708 bits per heavy atom. The van der Waals surface area contributed by atoms with Crippen molar-refractivity contribution in [1.29, 1.82) is 0 Å². The zero-order valence-corrected chi connectivity index (χ0v) is 35.5. The van der Waals surface area contributed by atoms with Crippen molar-refractivity contribution in [2.75, 3.05) is 0 Å². The Morgan fingerprint density at radius 1 is 0.308 bits per heavy atom. The van der Waals surface area contributed by atoms with Gasteiger partial charge in [0.15, 0.2) is 5.82 Å². The van der Waals surface area contributed by atoms with Crippen LogP contribution in [0.5, 0.6) is 0 Å². The van der Waals surface area contributed by atoms with Gasteiger partial charge in [-0.2, -0.15) is 0 Å². The Labute approximate surface area is 374 Å². The van der Waals surface area contributed by atoms with Gasteiger partial charge in [-0.15, -0.1) is 11.3 Å². The number of hydrogen-bond donors (Lipinski definition) is 0. The molecule has 0 saturated carbocycles. The molecule has 0 atom stereocenters. The van der Waals surface area contributed by atoms with E-state index in [0.29, 0.717) is 0 Å². The van der Waals surface area contributed by atoms with Crippen LogP contribution in [0, 0.1) is 0 Å². The molecule has 65 heavy (non-hydrogen) atoms. The standard InChI is InChI=1S/C58H34N6S/c1-3-15-35(16-4-1)61-47-23-11-7-19-38(47)42-31-53-43(30-51(42)61)40-21-9-13-25-49(40)63(53)37-27-28-55-46(29-37)57-58(65-55)59-34-56(60-57)64-50-26-14-10-22-41(50)45-32-52-44(33-54(45)64)39-20-8-12-24-48(39)62(52)36-17-5-2-6-18-36/h1-34H. The molecule has 6 heterocycles. The number of fused-ring (bicyclic) bond motifs is 15. The van der Waals surface area contributed by atoms with Crippen LogP contribution in [-0.4, -0.2) is 28.2 Å². The van der Waals surface area contributed by atoms with Gasteiger partial charge in [-0.05, 0) is 91.0 Å². The number of benzene rings is 9. The summed E-state index contributed by atoms with van der Waals surface area (Å²) in [5.74, 6) is 0.800. The van der Waals surface area contributed by atoms with Gasteiger partial charge < -0.3 is 13.7 Å². The average Bonchev–Trinajstić information content (AvgIpc) is 4.15. The van der Waals surface area contributed by atoms with Crippen molar-refractivity contribution in [3.63, 3.8) is 0 Å². The zero-order chi connectivity index (χ0) is 42.3. The molecule has 302 valence electrons. The second kappa shape index (κ2) is 13.0. The van der Waals surface area contributed by atoms with E-state index in [9.17, 15) is 0 Å². The molecule has 6 nitrogen and oxygen atoms in total. The third-order valence-electron chi connectivity index (χ3n) is 13.6. The zero-order valence-electron chi connectivity index (χ0n) is 34.7. The second-order valence-corrected chi connectivity index (χ2v) is 18.0. The molecule has 7 heteroatoms. The first-order valence-corrected chi connectivity index (χ1v) is 22.8. The summed E-state index contributed by atoms with van der Waals surface area (Å²) in [6.45, 7) is 0. The van der Waals surface area contributed by atoms with Gasteiger partial charge >= 0.3 is 0 Å². The van der Waals surface area contributed by atoms with Gasteiger partial charge in [-0.25, -0.2) is 9.97 Å². The molecule has 0 fully saturated rings. The van der Waals surface area contributed by atoms with Crippen molar-refractivity contribution in [1.82, 2.24) is 28.2 Å². The lowest BCUT2D eigenvalue weighted by Gasteiger charge is -2.10. The molecule has 0 amide bonds. The minimum atomic E-state index is 0.800. The number of aromatic nitrogens is 6. The summed E-state index contributed by atoms with van der Waals surface area (Å²) in [5, 5.41) is 10.8. The molecule has 6 aromatic heterocycles. The topological polar surface area (TPSA) is 45.5 Å². The molecule has 0 aliphatic carbocycles. The van der Waals surface area contributed by atoms with E-state index >= 15 is 0 Å². The first kappa shape index (κ1) is 35.0. The Morgan fingerprint density at radius 3 is 1.18 bits per heavy atom. The van der Waals surface area contributed by atoms with E-state index in [0.717, 1.165) is 54.3 Å². The van der Waals surface area contributed by atoms with Crippen molar-refractivity contribution in [3.05, 3.63) is 206 Å². The van der Waals surface area contributed by atoms with Crippen molar-refractivity contribution in [2.45, 2.75) is 0 Å². The third kappa shape index (κ3) is 4.82. The van der Waals surface area contributed by atoms with Crippen LogP contribution in [-0.2, 0) is 0 Å².